The lowest BCUT2D eigenvalue weighted by Crippen LogP contribution is -2.30. The van der Waals surface area contributed by atoms with E-state index in [9.17, 15) is 20.1 Å². The number of benzene rings is 1. The number of nitrogens with zero attached hydrogens (tertiary/aromatic N) is 3. The van der Waals surface area contributed by atoms with Gasteiger partial charge in [0.25, 0.3) is 5.69 Å². The highest BCUT2D eigenvalue weighted by Gasteiger charge is 2.33. The summed E-state index contributed by atoms with van der Waals surface area (Å²) < 4.78 is 1.37. The minimum Gasteiger partial charge on any atom is -0.291 e. The highest BCUT2D eigenvalue weighted by Crippen LogP contribution is 2.42. The molecule has 4 rings (SSSR count). The van der Waals surface area contributed by atoms with Crippen molar-refractivity contribution in [3.05, 3.63) is 52.6 Å². The van der Waals surface area contributed by atoms with E-state index in [0.29, 0.717) is 16.6 Å². The number of hydrogen-bond acceptors (Lipinski definition) is 6. The van der Waals surface area contributed by atoms with Crippen LogP contribution in [-0.4, -0.2) is 26.3 Å². The number of nitro benzene ring substituents is 1. The molecule has 2 N–H and O–H groups in total. The van der Waals surface area contributed by atoms with Gasteiger partial charge in [0.05, 0.1) is 22.1 Å². The Morgan fingerprint density at radius 2 is 2.17 bits per heavy atom. The maximum absolute atomic E-state index is 12.8. The standard InChI is InChI=1S/C15H10N4O4/c20-15-9-3-1-2-4-11(9)16-14-13(17-21)10-7-8(19(22)23)5-6-12(10)18(14)15/h1-7,9,17,21H. The normalized spacial score (nSPS) is 18.6. The fourth-order valence-electron chi connectivity index (χ4n) is 2.93. The van der Waals surface area contributed by atoms with Gasteiger partial charge in [0.15, 0.2) is 5.82 Å². The van der Waals surface area contributed by atoms with Crippen molar-refractivity contribution in [2.45, 2.75) is 0 Å². The molecule has 0 amide bonds. The zero-order chi connectivity index (χ0) is 16.1. The lowest BCUT2D eigenvalue weighted by atomic mass is 9.96. The van der Waals surface area contributed by atoms with E-state index in [2.05, 4.69) is 4.99 Å². The van der Waals surface area contributed by atoms with Crippen molar-refractivity contribution >= 4 is 39.7 Å². The van der Waals surface area contributed by atoms with Crippen molar-refractivity contribution in [1.29, 1.82) is 0 Å². The SMILES string of the molecule is O=C1C2C=CC=CC2=Nc2c(NO)c3cc([N+](=O)[O-])ccc3n21. The molecule has 1 atom stereocenters. The lowest BCUT2D eigenvalue weighted by Gasteiger charge is -2.21. The largest absolute Gasteiger partial charge is 0.291 e. The molecule has 2 aromatic rings. The molecule has 8 nitrogen and oxygen atoms in total. The summed E-state index contributed by atoms with van der Waals surface area (Å²) >= 11 is 0. The average Bonchev–Trinajstić information content (AvgIpc) is 2.87. The second-order valence-electron chi connectivity index (χ2n) is 5.20. The topological polar surface area (TPSA) is 110 Å². The number of nitro groups is 1. The van der Waals surface area contributed by atoms with Crippen molar-refractivity contribution in [3.8, 4) is 0 Å². The fraction of sp³-hybridized carbons (Fsp3) is 0.0667. The summed E-state index contributed by atoms with van der Waals surface area (Å²) in [5.74, 6) is -0.477. The van der Waals surface area contributed by atoms with Gasteiger partial charge in [0.2, 0.25) is 5.91 Å². The summed E-state index contributed by atoms with van der Waals surface area (Å²) in [4.78, 5) is 27.6. The third-order valence-electron chi connectivity index (χ3n) is 3.97. The van der Waals surface area contributed by atoms with E-state index in [-0.39, 0.29) is 23.1 Å². The molecule has 1 aliphatic heterocycles. The Balaban J connectivity index is 2.07. The van der Waals surface area contributed by atoms with E-state index in [1.54, 1.807) is 24.3 Å². The summed E-state index contributed by atoms with van der Waals surface area (Å²) in [5.41, 5.74) is 3.08. The zero-order valence-corrected chi connectivity index (χ0v) is 11.6. The molecule has 2 aliphatic rings. The third kappa shape index (κ3) is 1.75. The summed E-state index contributed by atoms with van der Waals surface area (Å²) in [5, 5.41) is 20.8. The van der Waals surface area contributed by atoms with E-state index < -0.39 is 10.8 Å². The first-order chi connectivity index (χ1) is 11.1. The Morgan fingerprint density at radius 1 is 1.35 bits per heavy atom. The Labute approximate surface area is 129 Å². The van der Waals surface area contributed by atoms with Crippen LogP contribution in [0.4, 0.5) is 17.2 Å². The predicted octanol–water partition coefficient (Wildman–Crippen LogP) is 2.82. The fourth-order valence-corrected chi connectivity index (χ4v) is 2.93. The van der Waals surface area contributed by atoms with Crippen LogP contribution in [0.2, 0.25) is 0 Å². The molecule has 0 radical (unpaired) electrons. The van der Waals surface area contributed by atoms with Crippen LogP contribution < -0.4 is 5.48 Å². The monoisotopic (exact) mass is 310 g/mol. The summed E-state index contributed by atoms with van der Waals surface area (Å²) in [6, 6.07) is 4.11. The maximum Gasteiger partial charge on any atom is 0.270 e. The molecule has 0 bridgehead atoms. The number of carbonyl (C=O) groups excluding carboxylic acids is 1. The van der Waals surface area contributed by atoms with Gasteiger partial charge in [-0.25, -0.2) is 4.99 Å². The molecular formula is C15H10N4O4. The van der Waals surface area contributed by atoms with E-state index in [0.717, 1.165) is 0 Å². The third-order valence-corrected chi connectivity index (χ3v) is 3.97. The van der Waals surface area contributed by atoms with Crippen LogP contribution in [0, 0.1) is 16.0 Å². The zero-order valence-electron chi connectivity index (χ0n) is 11.6. The molecule has 1 unspecified atom stereocenters. The average molecular weight is 310 g/mol. The maximum atomic E-state index is 12.8. The number of allylic oxidation sites excluding steroid dienone is 4. The molecule has 0 saturated carbocycles. The van der Waals surface area contributed by atoms with Gasteiger partial charge in [-0.2, -0.15) is 0 Å². The van der Waals surface area contributed by atoms with Crippen LogP contribution >= 0.6 is 0 Å². The number of carbonyl (C=O) groups is 1. The summed E-state index contributed by atoms with van der Waals surface area (Å²) in [6.07, 6.45) is 7.02. The van der Waals surface area contributed by atoms with E-state index in [1.807, 2.05) is 5.48 Å². The molecule has 23 heavy (non-hydrogen) atoms. The van der Waals surface area contributed by atoms with Gasteiger partial charge in [0, 0.05) is 17.5 Å². The van der Waals surface area contributed by atoms with Crippen molar-refractivity contribution < 1.29 is 14.9 Å². The molecule has 1 aromatic carbocycles. The highest BCUT2D eigenvalue weighted by molar-refractivity contribution is 6.21. The van der Waals surface area contributed by atoms with Gasteiger partial charge >= 0.3 is 0 Å². The van der Waals surface area contributed by atoms with Crippen LogP contribution in [-0.2, 0) is 0 Å². The van der Waals surface area contributed by atoms with Crippen molar-refractivity contribution in [3.63, 3.8) is 0 Å². The predicted molar refractivity (Wildman–Crippen MR) is 83.5 cm³/mol. The highest BCUT2D eigenvalue weighted by atomic mass is 16.6. The molecular weight excluding hydrogens is 300 g/mol. The van der Waals surface area contributed by atoms with Crippen molar-refractivity contribution in [2.24, 2.45) is 10.9 Å². The van der Waals surface area contributed by atoms with Gasteiger partial charge in [-0.05, 0) is 12.1 Å². The van der Waals surface area contributed by atoms with Crippen LogP contribution in [0.5, 0.6) is 0 Å². The minimum atomic E-state index is -0.532. The number of anilines is 1. The second kappa shape index (κ2) is 4.62. The van der Waals surface area contributed by atoms with Crippen LogP contribution in [0.25, 0.3) is 10.9 Å². The Morgan fingerprint density at radius 3 is 2.91 bits per heavy atom. The number of rotatable bonds is 2. The number of aromatic nitrogens is 1. The number of nitrogens with one attached hydrogen (secondary N) is 1. The van der Waals surface area contributed by atoms with E-state index >= 15 is 0 Å². The summed E-state index contributed by atoms with van der Waals surface area (Å²) in [6.45, 7) is 0. The Bertz CT molecular complexity index is 968. The van der Waals surface area contributed by atoms with Gasteiger partial charge in [-0.1, -0.05) is 18.2 Å². The van der Waals surface area contributed by atoms with Crippen LogP contribution in [0.15, 0.2) is 47.5 Å². The first kappa shape index (κ1) is 13.4. The first-order valence-corrected chi connectivity index (χ1v) is 6.82. The molecule has 0 spiro atoms. The molecule has 2 heterocycles. The van der Waals surface area contributed by atoms with Gasteiger partial charge in [-0.3, -0.25) is 30.2 Å². The van der Waals surface area contributed by atoms with Gasteiger partial charge in [0.1, 0.15) is 5.69 Å². The van der Waals surface area contributed by atoms with Gasteiger partial charge in [-0.15, -0.1) is 0 Å². The molecule has 0 fully saturated rings. The Hall–Kier alpha value is -3.26. The number of non-ortho nitro benzene ring substituents is 1. The summed E-state index contributed by atoms with van der Waals surface area (Å²) in [7, 11) is 0. The molecule has 1 aliphatic carbocycles. The van der Waals surface area contributed by atoms with Crippen LogP contribution in [0.1, 0.15) is 4.79 Å². The Kier molecular flexibility index (Phi) is 2.69. The number of hydrogen-bond donors (Lipinski definition) is 2. The quantitative estimate of drug-likeness (QED) is 0.654. The first-order valence-electron chi connectivity index (χ1n) is 6.82. The second-order valence-corrected chi connectivity index (χ2v) is 5.20. The minimum absolute atomic E-state index is 0.130. The molecule has 1 aromatic heterocycles. The van der Waals surface area contributed by atoms with Crippen LogP contribution in [0.3, 0.4) is 0 Å². The number of aliphatic imine (C=N–C) groups is 1. The number of fused-ring (bicyclic) bond motifs is 4. The molecule has 8 heteroatoms. The smallest absolute Gasteiger partial charge is 0.270 e. The molecule has 0 saturated heterocycles. The molecule has 114 valence electrons. The lowest BCUT2D eigenvalue weighted by molar-refractivity contribution is -0.384. The van der Waals surface area contributed by atoms with E-state index in [1.165, 1.54) is 22.8 Å². The van der Waals surface area contributed by atoms with Crippen molar-refractivity contribution in [2.75, 3.05) is 5.48 Å². The van der Waals surface area contributed by atoms with Gasteiger partial charge < -0.3 is 0 Å². The van der Waals surface area contributed by atoms with Crippen molar-refractivity contribution in [1.82, 2.24) is 4.57 Å². The van der Waals surface area contributed by atoms with E-state index in [4.69, 9.17) is 0 Å².